The van der Waals surface area contributed by atoms with E-state index in [1.807, 2.05) is 14.0 Å². The van der Waals surface area contributed by atoms with Crippen molar-refractivity contribution in [3.63, 3.8) is 0 Å². The van der Waals surface area contributed by atoms with Crippen LogP contribution in [-0.4, -0.2) is 41.2 Å². The summed E-state index contributed by atoms with van der Waals surface area (Å²) in [6, 6.07) is 0.327. The molecule has 6 nitrogen and oxygen atoms in total. The van der Waals surface area contributed by atoms with E-state index in [0.29, 0.717) is 18.5 Å². The van der Waals surface area contributed by atoms with E-state index in [1.165, 1.54) is 0 Å². The number of hydrogen-bond acceptors (Lipinski definition) is 5. The second-order valence-electron chi connectivity index (χ2n) is 5.57. The smallest absolute Gasteiger partial charge is 0.216 e. The third-order valence-corrected chi connectivity index (χ3v) is 4.30. The van der Waals surface area contributed by atoms with Crippen molar-refractivity contribution in [2.45, 2.75) is 38.3 Å². The lowest BCUT2D eigenvalue weighted by molar-refractivity contribution is 0.199. The zero-order chi connectivity index (χ0) is 14.7. The van der Waals surface area contributed by atoms with E-state index in [0.717, 1.165) is 36.4 Å². The second-order valence-corrected chi connectivity index (χ2v) is 5.57. The third-order valence-electron chi connectivity index (χ3n) is 4.30. The van der Waals surface area contributed by atoms with E-state index in [2.05, 4.69) is 10.4 Å². The second kappa shape index (κ2) is 6.56. The Morgan fingerprint density at radius 1 is 1.55 bits per heavy atom. The van der Waals surface area contributed by atoms with Gasteiger partial charge in [-0.15, -0.1) is 0 Å². The molecular weight excluding hydrogens is 256 g/mol. The van der Waals surface area contributed by atoms with Crippen molar-refractivity contribution >= 4 is 0 Å². The average Bonchev–Trinajstić information content (AvgIpc) is 2.99. The average molecular weight is 282 g/mol. The SMILES string of the molecule is COc1c(C(CN)NC2CCCC2CO)c(C)nn1C. The Morgan fingerprint density at radius 2 is 2.30 bits per heavy atom. The first-order valence-electron chi connectivity index (χ1n) is 7.26. The van der Waals surface area contributed by atoms with Gasteiger partial charge in [0.05, 0.1) is 24.4 Å². The van der Waals surface area contributed by atoms with Crippen LogP contribution >= 0.6 is 0 Å². The fourth-order valence-electron chi connectivity index (χ4n) is 3.30. The molecule has 1 aliphatic carbocycles. The van der Waals surface area contributed by atoms with Crippen LogP contribution in [-0.2, 0) is 7.05 Å². The van der Waals surface area contributed by atoms with Crippen LogP contribution in [0.4, 0.5) is 0 Å². The van der Waals surface area contributed by atoms with E-state index in [1.54, 1.807) is 11.8 Å². The molecule has 3 atom stereocenters. The first kappa shape index (κ1) is 15.3. The van der Waals surface area contributed by atoms with E-state index in [-0.39, 0.29) is 12.6 Å². The Hall–Kier alpha value is -1.11. The van der Waals surface area contributed by atoms with Crippen molar-refractivity contribution < 1.29 is 9.84 Å². The van der Waals surface area contributed by atoms with Gasteiger partial charge in [-0.25, -0.2) is 4.68 Å². The monoisotopic (exact) mass is 282 g/mol. The number of aliphatic hydroxyl groups excluding tert-OH is 1. The summed E-state index contributed by atoms with van der Waals surface area (Å²) in [5, 5.41) is 17.4. The molecular formula is C14H26N4O2. The van der Waals surface area contributed by atoms with Gasteiger partial charge in [0.15, 0.2) is 0 Å². The normalized spacial score (nSPS) is 24.1. The van der Waals surface area contributed by atoms with Gasteiger partial charge in [-0.3, -0.25) is 0 Å². The minimum absolute atomic E-state index is 0.01000. The maximum atomic E-state index is 9.44. The Morgan fingerprint density at radius 3 is 2.90 bits per heavy atom. The van der Waals surface area contributed by atoms with Gasteiger partial charge in [-0.2, -0.15) is 5.10 Å². The van der Waals surface area contributed by atoms with Gasteiger partial charge in [-0.05, 0) is 25.7 Å². The lowest BCUT2D eigenvalue weighted by atomic mass is 10.0. The molecule has 0 aliphatic heterocycles. The summed E-state index contributed by atoms with van der Waals surface area (Å²) in [7, 11) is 3.52. The molecule has 0 saturated heterocycles. The van der Waals surface area contributed by atoms with Gasteiger partial charge in [0.25, 0.3) is 0 Å². The van der Waals surface area contributed by atoms with Gasteiger partial charge in [-0.1, -0.05) is 6.42 Å². The number of nitrogens with one attached hydrogen (secondary N) is 1. The number of hydrogen-bond donors (Lipinski definition) is 3. The first-order chi connectivity index (χ1) is 9.62. The summed E-state index contributed by atoms with van der Waals surface area (Å²) in [6.45, 7) is 2.69. The molecule has 1 heterocycles. The van der Waals surface area contributed by atoms with E-state index in [9.17, 15) is 5.11 Å². The molecule has 1 aromatic rings. The Bertz CT molecular complexity index is 447. The van der Waals surface area contributed by atoms with Gasteiger partial charge in [0.1, 0.15) is 0 Å². The highest BCUT2D eigenvalue weighted by Gasteiger charge is 2.31. The van der Waals surface area contributed by atoms with Crippen LogP contribution in [0.2, 0.25) is 0 Å². The highest BCUT2D eigenvalue weighted by Crippen LogP contribution is 2.31. The Labute approximate surface area is 120 Å². The van der Waals surface area contributed by atoms with Crippen LogP contribution in [0, 0.1) is 12.8 Å². The molecule has 1 aromatic heterocycles. The fourth-order valence-corrected chi connectivity index (χ4v) is 3.30. The topological polar surface area (TPSA) is 85.3 Å². The van der Waals surface area contributed by atoms with E-state index < -0.39 is 0 Å². The lowest BCUT2D eigenvalue weighted by Crippen LogP contribution is -2.40. The molecule has 2 rings (SSSR count). The number of aliphatic hydroxyl groups is 1. The Balaban J connectivity index is 2.20. The van der Waals surface area contributed by atoms with Crippen molar-refractivity contribution in [2.75, 3.05) is 20.3 Å². The highest BCUT2D eigenvalue weighted by molar-refractivity contribution is 5.34. The molecule has 0 aromatic carbocycles. The number of nitrogens with two attached hydrogens (primary N) is 1. The minimum Gasteiger partial charge on any atom is -0.481 e. The van der Waals surface area contributed by atoms with Gasteiger partial charge in [0, 0.05) is 26.2 Å². The molecule has 114 valence electrons. The van der Waals surface area contributed by atoms with Gasteiger partial charge >= 0.3 is 0 Å². The van der Waals surface area contributed by atoms with Crippen molar-refractivity contribution in [1.82, 2.24) is 15.1 Å². The number of ether oxygens (including phenoxy) is 1. The number of aromatic nitrogens is 2. The molecule has 6 heteroatoms. The largest absolute Gasteiger partial charge is 0.481 e. The summed E-state index contributed by atoms with van der Waals surface area (Å²) in [5.74, 6) is 1.08. The van der Waals surface area contributed by atoms with E-state index >= 15 is 0 Å². The standard InChI is InChI=1S/C14H26N4O2/c1-9-13(14(20-3)18(2)17-9)12(7-15)16-11-6-4-5-10(11)8-19/h10-12,16,19H,4-8,15H2,1-3H3. The summed E-state index contributed by atoms with van der Waals surface area (Å²) in [4.78, 5) is 0. The zero-order valence-electron chi connectivity index (χ0n) is 12.6. The van der Waals surface area contributed by atoms with Gasteiger partial charge in [0.2, 0.25) is 5.88 Å². The number of aryl methyl sites for hydroxylation is 2. The summed E-state index contributed by atoms with van der Waals surface area (Å²) >= 11 is 0. The first-order valence-corrected chi connectivity index (χ1v) is 7.26. The van der Waals surface area contributed by atoms with Crippen LogP contribution < -0.4 is 15.8 Å². The molecule has 1 fully saturated rings. The lowest BCUT2D eigenvalue weighted by Gasteiger charge is -2.26. The molecule has 0 spiro atoms. The van der Waals surface area contributed by atoms with Crippen molar-refractivity contribution in [1.29, 1.82) is 0 Å². The molecule has 1 saturated carbocycles. The minimum atomic E-state index is 0.01000. The molecule has 4 N–H and O–H groups in total. The van der Waals surface area contributed by atoms with Crippen LogP contribution in [0.3, 0.4) is 0 Å². The molecule has 20 heavy (non-hydrogen) atoms. The van der Waals surface area contributed by atoms with Crippen LogP contribution in [0.5, 0.6) is 5.88 Å². The van der Waals surface area contributed by atoms with Crippen molar-refractivity contribution in [3.05, 3.63) is 11.3 Å². The Kier molecular flexibility index (Phi) is 5.01. The quantitative estimate of drug-likeness (QED) is 0.707. The summed E-state index contributed by atoms with van der Waals surface area (Å²) < 4.78 is 7.20. The molecule has 0 bridgehead atoms. The predicted molar refractivity (Wildman–Crippen MR) is 77.6 cm³/mol. The number of nitrogens with zero attached hydrogens (tertiary/aromatic N) is 2. The van der Waals surface area contributed by atoms with Crippen molar-refractivity contribution in [2.24, 2.45) is 18.7 Å². The van der Waals surface area contributed by atoms with Crippen LogP contribution in [0.1, 0.15) is 36.6 Å². The number of methoxy groups -OCH3 is 1. The van der Waals surface area contributed by atoms with Crippen LogP contribution in [0.25, 0.3) is 0 Å². The molecule has 0 amide bonds. The fraction of sp³-hybridized carbons (Fsp3) is 0.786. The summed E-state index contributed by atoms with van der Waals surface area (Å²) in [6.07, 6.45) is 3.32. The number of rotatable bonds is 6. The maximum Gasteiger partial charge on any atom is 0.216 e. The third kappa shape index (κ3) is 2.82. The molecule has 0 radical (unpaired) electrons. The predicted octanol–water partition coefficient (Wildman–Crippen LogP) is 0.488. The van der Waals surface area contributed by atoms with Crippen molar-refractivity contribution in [3.8, 4) is 5.88 Å². The maximum absolute atomic E-state index is 9.44. The molecule has 3 unspecified atom stereocenters. The van der Waals surface area contributed by atoms with Gasteiger partial charge < -0.3 is 20.9 Å². The van der Waals surface area contributed by atoms with Crippen LogP contribution in [0.15, 0.2) is 0 Å². The zero-order valence-corrected chi connectivity index (χ0v) is 12.6. The summed E-state index contributed by atoms with van der Waals surface area (Å²) in [5.41, 5.74) is 7.92. The highest BCUT2D eigenvalue weighted by atomic mass is 16.5. The molecule has 1 aliphatic rings. The van der Waals surface area contributed by atoms with E-state index in [4.69, 9.17) is 10.5 Å².